The lowest BCUT2D eigenvalue weighted by molar-refractivity contribution is 0.102. The van der Waals surface area contributed by atoms with Gasteiger partial charge in [-0.3, -0.25) is 9.89 Å². The fourth-order valence-electron chi connectivity index (χ4n) is 2.47. The highest BCUT2D eigenvalue weighted by atomic mass is 16.3. The highest BCUT2D eigenvalue weighted by Gasteiger charge is 2.13. The molecule has 4 rings (SSSR count). The summed E-state index contributed by atoms with van der Waals surface area (Å²) in [5, 5.41) is 17.6. The van der Waals surface area contributed by atoms with Crippen LogP contribution in [0.1, 0.15) is 10.5 Å². The maximum Gasteiger partial charge on any atom is 0.276 e. The molecule has 0 fully saturated rings. The molecule has 0 radical (unpaired) electrons. The van der Waals surface area contributed by atoms with Gasteiger partial charge in [0.25, 0.3) is 5.91 Å². The maximum atomic E-state index is 12.4. The van der Waals surface area contributed by atoms with Gasteiger partial charge in [0, 0.05) is 24.4 Å². The topological polar surface area (TPSA) is 102 Å². The summed E-state index contributed by atoms with van der Waals surface area (Å²) >= 11 is 0. The smallest absolute Gasteiger partial charge is 0.276 e. The number of nitrogens with one attached hydrogen (secondary N) is 2. The number of nitrogens with zero attached hydrogens (tertiary/aromatic N) is 4. The molecule has 0 unspecified atom stereocenters. The number of aryl methyl sites for hydroxylation is 1. The summed E-state index contributed by atoms with van der Waals surface area (Å²) in [6.45, 7) is 0. The number of furan rings is 1. The molecule has 0 spiro atoms. The number of aromatic nitrogens is 5. The van der Waals surface area contributed by atoms with Crippen molar-refractivity contribution in [3.63, 3.8) is 0 Å². The van der Waals surface area contributed by atoms with Crippen molar-refractivity contribution in [1.82, 2.24) is 25.0 Å². The molecule has 25 heavy (non-hydrogen) atoms. The average Bonchev–Trinajstić information content (AvgIpc) is 3.36. The van der Waals surface area contributed by atoms with Crippen LogP contribution in [0, 0.1) is 0 Å². The number of benzene rings is 1. The number of H-pyrrole nitrogens is 1. The summed E-state index contributed by atoms with van der Waals surface area (Å²) in [5.74, 6) is 1.02. The quantitative estimate of drug-likeness (QED) is 0.597. The van der Waals surface area contributed by atoms with Crippen molar-refractivity contribution < 1.29 is 9.21 Å². The van der Waals surface area contributed by atoms with Crippen molar-refractivity contribution in [3.8, 4) is 22.8 Å². The molecule has 8 heteroatoms. The van der Waals surface area contributed by atoms with Gasteiger partial charge in [-0.05, 0) is 24.3 Å². The summed E-state index contributed by atoms with van der Waals surface area (Å²) < 4.78 is 7.09. The van der Waals surface area contributed by atoms with E-state index in [9.17, 15) is 4.79 Å². The van der Waals surface area contributed by atoms with Gasteiger partial charge < -0.3 is 14.3 Å². The Kier molecular flexibility index (Phi) is 3.62. The van der Waals surface area contributed by atoms with Crippen LogP contribution in [0.2, 0.25) is 0 Å². The van der Waals surface area contributed by atoms with Gasteiger partial charge in [-0.1, -0.05) is 12.1 Å². The van der Waals surface area contributed by atoms with E-state index in [4.69, 9.17) is 4.42 Å². The van der Waals surface area contributed by atoms with Crippen LogP contribution in [0.5, 0.6) is 0 Å². The second-order valence-corrected chi connectivity index (χ2v) is 5.44. The van der Waals surface area contributed by atoms with E-state index in [-0.39, 0.29) is 11.6 Å². The molecule has 3 heterocycles. The third-order valence-electron chi connectivity index (χ3n) is 3.69. The highest BCUT2D eigenvalue weighted by molar-refractivity contribution is 6.03. The molecule has 1 amide bonds. The van der Waals surface area contributed by atoms with Crippen LogP contribution in [-0.4, -0.2) is 30.9 Å². The molecule has 8 nitrogen and oxygen atoms in total. The largest absolute Gasteiger partial charge is 0.463 e. The third kappa shape index (κ3) is 2.92. The summed E-state index contributed by atoms with van der Waals surface area (Å²) in [5.41, 5.74) is 2.42. The Hall–Kier alpha value is -3.68. The molecule has 1 aromatic carbocycles. The Morgan fingerprint density at radius 2 is 2.16 bits per heavy atom. The summed E-state index contributed by atoms with van der Waals surface area (Å²) in [7, 11) is 1.86. The Labute approximate surface area is 142 Å². The summed E-state index contributed by atoms with van der Waals surface area (Å²) in [6.07, 6.45) is 3.19. The molecule has 0 aliphatic heterocycles. The van der Waals surface area contributed by atoms with Crippen molar-refractivity contribution in [1.29, 1.82) is 0 Å². The predicted molar refractivity (Wildman–Crippen MR) is 90.7 cm³/mol. The zero-order valence-corrected chi connectivity index (χ0v) is 13.3. The lowest BCUT2D eigenvalue weighted by atomic mass is 10.2. The van der Waals surface area contributed by atoms with E-state index in [1.165, 1.54) is 0 Å². The van der Waals surface area contributed by atoms with Crippen molar-refractivity contribution in [2.75, 3.05) is 5.32 Å². The number of aromatic amines is 1. The van der Waals surface area contributed by atoms with Gasteiger partial charge in [0.1, 0.15) is 12.0 Å². The average molecular weight is 334 g/mol. The Morgan fingerprint density at radius 1 is 1.24 bits per heavy atom. The molecule has 4 aromatic rings. The van der Waals surface area contributed by atoms with Gasteiger partial charge >= 0.3 is 0 Å². The minimum absolute atomic E-state index is 0.274. The molecule has 3 aromatic heterocycles. The normalized spacial score (nSPS) is 10.8. The fraction of sp³-hybridized carbons (Fsp3) is 0.0588. The van der Waals surface area contributed by atoms with E-state index in [1.807, 2.05) is 29.8 Å². The van der Waals surface area contributed by atoms with Crippen molar-refractivity contribution in [2.24, 2.45) is 7.05 Å². The standard InChI is InChI=1S/C17H14N6O2/c1-23-10-18-22-16(23)11-4-2-5-12(8-11)19-17(24)14-9-13(20-21-14)15-6-3-7-25-15/h2-10H,1H3,(H,19,24)(H,20,21). The molecule has 0 saturated carbocycles. The van der Waals surface area contributed by atoms with Crippen molar-refractivity contribution in [3.05, 3.63) is 60.7 Å². The van der Waals surface area contributed by atoms with E-state index in [0.717, 1.165) is 11.4 Å². The molecule has 0 aliphatic rings. The maximum absolute atomic E-state index is 12.4. The van der Waals surface area contributed by atoms with Crippen LogP contribution in [0.4, 0.5) is 5.69 Å². The lowest BCUT2D eigenvalue weighted by Gasteiger charge is -2.06. The van der Waals surface area contributed by atoms with Gasteiger partial charge in [0.2, 0.25) is 0 Å². The fourth-order valence-corrected chi connectivity index (χ4v) is 2.47. The first kappa shape index (κ1) is 14.9. The van der Waals surface area contributed by atoms with E-state index in [2.05, 4.69) is 25.7 Å². The van der Waals surface area contributed by atoms with Crippen LogP contribution in [0.3, 0.4) is 0 Å². The number of amides is 1. The van der Waals surface area contributed by atoms with Crippen LogP contribution >= 0.6 is 0 Å². The van der Waals surface area contributed by atoms with E-state index in [1.54, 1.807) is 36.9 Å². The van der Waals surface area contributed by atoms with E-state index >= 15 is 0 Å². The van der Waals surface area contributed by atoms with E-state index < -0.39 is 0 Å². The van der Waals surface area contributed by atoms with Gasteiger partial charge in [-0.15, -0.1) is 10.2 Å². The van der Waals surface area contributed by atoms with Crippen LogP contribution < -0.4 is 5.32 Å². The van der Waals surface area contributed by atoms with Gasteiger partial charge in [-0.2, -0.15) is 5.10 Å². The first-order valence-corrected chi connectivity index (χ1v) is 7.56. The van der Waals surface area contributed by atoms with Crippen LogP contribution in [-0.2, 0) is 7.05 Å². The van der Waals surface area contributed by atoms with Crippen LogP contribution in [0.15, 0.2) is 59.5 Å². The van der Waals surface area contributed by atoms with Crippen LogP contribution in [0.25, 0.3) is 22.8 Å². The molecule has 0 aliphatic carbocycles. The van der Waals surface area contributed by atoms with Gasteiger partial charge in [-0.25, -0.2) is 0 Å². The van der Waals surface area contributed by atoms with E-state index in [0.29, 0.717) is 17.1 Å². The number of hydrogen-bond acceptors (Lipinski definition) is 5. The molecule has 0 saturated heterocycles. The number of anilines is 1. The predicted octanol–water partition coefficient (Wildman–Crippen LogP) is 2.72. The van der Waals surface area contributed by atoms with Gasteiger partial charge in [0.15, 0.2) is 17.3 Å². The second kappa shape index (κ2) is 6.08. The molecule has 124 valence electrons. The second-order valence-electron chi connectivity index (χ2n) is 5.44. The Bertz CT molecular complexity index is 1020. The monoisotopic (exact) mass is 334 g/mol. The molecular weight excluding hydrogens is 320 g/mol. The zero-order chi connectivity index (χ0) is 17.2. The van der Waals surface area contributed by atoms with Crippen molar-refractivity contribution in [2.45, 2.75) is 0 Å². The third-order valence-corrected chi connectivity index (χ3v) is 3.69. The zero-order valence-electron chi connectivity index (χ0n) is 13.3. The highest BCUT2D eigenvalue weighted by Crippen LogP contribution is 2.21. The first-order valence-electron chi connectivity index (χ1n) is 7.56. The number of rotatable bonds is 4. The molecule has 0 bridgehead atoms. The minimum atomic E-state index is -0.316. The van der Waals surface area contributed by atoms with Crippen molar-refractivity contribution >= 4 is 11.6 Å². The summed E-state index contributed by atoms with van der Waals surface area (Å²) in [6, 6.07) is 12.6. The molecule has 0 atom stereocenters. The lowest BCUT2D eigenvalue weighted by Crippen LogP contribution is -2.12. The Morgan fingerprint density at radius 3 is 2.92 bits per heavy atom. The minimum Gasteiger partial charge on any atom is -0.463 e. The number of hydrogen-bond donors (Lipinski definition) is 2. The number of carbonyl (C=O) groups is 1. The first-order chi connectivity index (χ1) is 12.2. The molecular formula is C17H14N6O2. The number of carbonyl (C=O) groups excluding carboxylic acids is 1. The Balaban J connectivity index is 1.54. The van der Waals surface area contributed by atoms with Gasteiger partial charge in [0.05, 0.1) is 6.26 Å². The molecule has 2 N–H and O–H groups in total. The summed E-state index contributed by atoms with van der Waals surface area (Å²) in [4.78, 5) is 12.4. The SMILES string of the molecule is Cn1cnnc1-c1cccc(NC(=O)c2cc(-c3ccco3)[nH]n2)c1.